The van der Waals surface area contributed by atoms with Gasteiger partial charge in [-0.3, -0.25) is 4.79 Å². The van der Waals surface area contributed by atoms with Crippen LogP contribution >= 0.6 is 0 Å². The highest BCUT2D eigenvalue weighted by molar-refractivity contribution is 5.83. The van der Waals surface area contributed by atoms with Crippen LogP contribution in [-0.4, -0.2) is 23.8 Å². The lowest BCUT2D eigenvalue weighted by atomic mass is 9.73. The predicted molar refractivity (Wildman–Crippen MR) is 51.6 cm³/mol. The summed E-state index contributed by atoms with van der Waals surface area (Å²) >= 11 is 0. The number of aliphatic hydroxyl groups excluding tert-OH is 1. The second-order valence-electron chi connectivity index (χ2n) is 4.41. The van der Waals surface area contributed by atoms with E-state index >= 15 is 0 Å². The summed E-state index contributed by atoms with van der Waals surface area (Å²) in [5.74, 6) is 0.120. The van der Waals surface area contributed by atoms with Gasteiger partial charge in [0.25, 0.3) is 0 Å². The predicted octanol–water partition coefficient (Wildman–Crippen LogP) is 1.27. The first kappa shape index (κ1) is 9.87. The van der Waals surface area contributed by atoms with Gasteiger partial charge in [-0.1, -0.05) is 11.1 Å². The standard InChI is InChI=1S/C11H16O3/c1-6-3-8-9(4-7(6)2)11(13)14-5-10(8)12/h8-9,11,13H,3-5H2,1-2H3. The minimum Gasteiger partial charge on any atom is -0.368 e. The topological polar surface area (TPSA) is 46.5 Å². The Morgan fingerprint density at radius 3 is 2.64 bits per heavy atom. The number of Topliss-reactive ketones (excluding diaryl/α,β-unsaturated/α-hetero) is 1. The van der Waals surface area contributed by atoms with Crippen molar-refractivity contribution in [1.82, 2.24) is 0 Å². The Morgan fingerprint density at radius 2 is 1.93 bits per heavy atom. The fourth-order valence-electron chi connectivity index (χ4n) is 2.38. The van der Waals surface area contributed by atoms with Gasteiger partial charge in [0.1, 0.15) is 6.61 Å². The lowest BCUT2D eigenvalue weighted by Gasteiger charge is -2.38. The minimum absolute atomic E-state index is 0.0116. The van der Waals surface area contributed by atoms with Gasteiger partial charge in [-0.25, -0.2) is 0 Å². The summed E-state index contributed by atoms with van der Waals surface area (Å²) in [6.07, 6.45) is 0.847. The maximum absolute atomic E-state index is 11.6. The number of ether oxygens (including phenoxy) is 1. The molecule has 0 amide bonds. The fraction of sp³-hybridized carbons (Fsp3) is 0.727. The molecule has 78 valence electrons. The average molecular weight is 196 g/mol. The van der Waals surface area contributed by atoms with Crippen molar-refractivity contribution in [3.8, 4) is 0 Å². The second kappa shape index (κ2) is 3.48. The highest BCUT2D eigenvalue weighted by Crippen LogP contribution is 2.38. The number of allylic oxidation sites excluding steroid dienone is 2. The maximum Gasteiger partial charge on any atom is 0.162 e. The molecule has 0 saturated carbocycles. The van der Waals surface area contributed by atoms with E-state index in [0.29, 0.717) is 0 Å². The molecule has 14 heavy (non-hydrogen) atoms. The molecule has 0 spiro atoms. The number of rotatable bonds is 0. The van der Waals surface area contributed by atoms with Crippen LogP contribution in [-0.2, 0) is 9.53 Å². The zero-order chi connectivity index (χ0) is 10.3. The lowest BCUT2D eigenvalue weighted by molar-refractivity contribution is -0.185. The van der Waals surface area contributed by atoms with Gasteiger partial charge in [-0.15, -0.1) is 0 Å². The van der Waals surface area contributed by atoms with Crippen molar-refractivity contribution in [2.75, 3.05) is 6.61 Å². The molecule has 0 radical (unpaired) electrons. The molecule has 2 rings (SSSR count). The molecule has 2 aliphatic rings. The monoisotopic (exact) mass is 196 g/mol. The lowest BCUT2D eigenvalue weighted by Crippen LogP contribution is -2.44. The van der Waals surface area contributed by atoms with E-state index in [1.165, 1.54) is 11.1 Å². The number of ketones is 1. The Balaban J connectivity index is 2.24. The molecule has 1 N–H and O–H groups in total. The molecule has 1 aliphatic heterocycles. The number of carbonyl (C=O) groups is 1. The van der Waals surface area contributed by atoms with E-state index in [1.54, 1.807) is 0 Å². The number of aliphatic hydroxyl groups is 1. The molecule has 3 atom stereocenters. The number of hydrogen-bond acceptors (Lipinski definition) is 3. The van der Waals surface area contributed by atoms with Crippen LogP contribution in [0.15, 0.2) is 11.1 Å². The van der Waals surface area contributed by atoms with Crippen LogP contribution in [0, 0.1) is 11.8 Å². The Morgan fingerprint density at radius 1 is 1.29 bits per heavy atom. The van der Waals surface area contributed by atoms with E-state index < -0.39 is 6.29 Å². The molecule has 3 unspecified atom stereocenters. The summed E-state index contributed by atoms with van der Waals surface area (Å²) in [4.78, 5) is 11.6. The number of carbonyl (C=O) groups excluding carboxylic acids is 1. The van der Waals surface area contributed by atoms with Crippen molar-refractivity contribution in [1.29, 1.82) is 0 Å². The number of hydrogen-bond donors (Lipinski definition) is 1. The SMILES string of the molecule is CC1=C(C)CC2C(O)OCC(=O)C2C1. The molecule has 0 bridgehead atoms. The molecular formula is C11H16O3. The van der Waals surface area contributed by atoms with E-state index in [2.05, 4.69) is 13.8 Å². The molecule has 1 fully saturated rings. The summed E-state index contributed by atoms with van der Waals surface area (Å²) in [6.45, 7) is 4.21. The van der Waals surface area contributed by atoms with Crippen molar-refractivity contribution in [2.45, 2.75) is 33.0 Å². The third-order valence-corrected chi connectivity index (χ3v) is 3.49. The molecule has 1 saturated heterocycles. The van der Waals surface area contributed by atoms with Crippen molar-refractivity contribution >= 4 is 5.78 Å². The zero-order valence-electron chi connectivity index (χ0n) is 8.62. The van der Waals surface area contributed by atoms with Crippen LogP contribution < -0.4 is 0 Å². The molecule has 0 aromatic rings. The van der Waals surface area contributed by atoms with Gasteiger partial charge < -0.3 is 9.84 Å². The van der Waals surface area contributed by atoms with E-state index in [4.69, 9.17) is 4.74 Å². The van der Waals surface area contributed by atoms with E-state index in [1.807, 2.05) is 0 Å². The first-order valence-electron chi connectivity index (χ1n) is 5.07. The molecule has 1 aliphatic carbocycles. The summed E-state index contributed by atoms with van der Waals surface area (Å²) < 4.78 is 5.03. The molecule has 3 heteroatoms. The first-order chi connectivity index (χ1) is 6.59. The zero-order valence-corrected chi connectivity index (χ0v) is 8.62. The van der Waals surface area contributed by atoms with E-state index in [9.17, 15) is 9.90 Å². The van der Waals surface area contributed by atoms with Crippen molar-refractivity contribution in [3.05, 3.63) is 11.1 Å². The molecule has 3 nitrogen and oxygen atoms in total. The van der Waals surface area contributed by atoms with Crippen LogP contribution in [0.2, 0.25) is 0 Å². The van der Waals surface area contributed by atoms with Crippen molar-refractivity contribution in [3.63, 3.8) is 0 Å². The van der Waals surface area contributed by atoms with E-state index in [0.717, 1.165) is 12.8 Å². The minimum atomic E-state index is -0.749. The van der Waals surface area contributed by atoms with Gasteiger partial charge in [-0.2, -0.15) is 0 Å². The molecule has 0 aromatic carbocycles. The second-order valence-corrected chi connectivity index (χ2v) is 4.41. The summed E-state index contributed by atoms with van der Waals surface area (Å²) in [5, 5.41) is 9.63. The average Bonchev–Trinajstić information content (AvgIpc) is 2.15. The number of fused-ring (bicyclic) bond motifs is 1. The normalized spacial score (nSPS) is 38.5. The maximum atomic E-state index is 11.6. The fourth-order valence-corrected chi connectivity index (χ4v) is 2.38. The summed E-state index contributed by atoms with van der Waals surface area (Å²) in [6, 6.07) is 0. The quantitative estimate of drug-likeness (QED) is 0.593. The Kier molecular flexibility index (Phi) is 2.45. The van der Waals surface area contributed by atoms with Gasteiger partial charge in [-0.05, 0) is 26.7 Å². The summed E-state index contributed by atoms with van der Waals surface area (Å²) in [5.41, 5.74) is 2.59. The van der Waals surface area contributed by atoms with Crippen LogP contribution in [0.4, 0.5) is 0 Å². The Labute approximate surface area is 83.8 Å². The largest absolute Gasteiger partial charge is 0.368 e. The van der Waals surface area contributed by atoms with Crippen molar-refractivity contribution < 1.29 is 14.6 Å². The van der Waals surface area contributed by atoms with Crippen LogP contribution in [0.5, 0.6) is 0 Å². The third kappa shape index (κ3) is 1.51. The highest BCUT2D eigenvalue weighted by atomic mass is 16.6. The first-order valence-corrected chi connectivity index (χ1v) is 5.07. The van der Waals surface area contributed by atoms with E-state index in [-0.39, 0.29) is 24.2 Å². The molecule has 1 heterocycles. The van der Waals surface area contributed by atoms with Gasteiger partial charge in [0.2, 0.25) is 0 Å². The van der Waals surface area contributed by atoms with Gasteiger partial charge >= 0.3 is 0 Å². The van der Waals surface area contributed by atoms with Gasteiger partial charge in [0.15, 0.2) is 12.1 Å². The van der Waals surface area contributed by atoms with Crippen LogP contribution in [0.25, 0.3) is 0 Å². The Bertz CT molecular complexity index is 293. The molecule has 0 aromatic heterocycles. The van der Waals surface area contributed by atoms with Crippen molar-refractivity contribution in [2.24, 2.45) is 11.8 Å². The molecular weight excluding hydrogens is 180 g/mol. The smallest absolute Gasteiger partial charge is 0.162 e. The summed E-state index contributed by atoms with van der Waals surface area (Å²) in [7, 11) is 0. The highest BCUT2D eigenvalue weighted by Gasteiger charge is 2.40. The van der Waals surface area contributed by atoms with Gasteiger partial charge in [0, 0.05) is 11.8 Å². The van der Waals surface area contributed by atoms with Gasteiger partial charge in [0.05, 0.1) is 0 Å². The van der Waals surface area contributed by atoms with Crippen LogP contribution in [0.3, 0.4) is 0 Å². The Hall–Kier alpha value is -0.670. The third-order valence-electron chi connectivity index (χ3n) is 3.49. The van der Waals surface area contributed by atoms with Crippen LogP contribution in [0.1, 0.15) is 26.7 Å².